The molecule has 0 bridgehead atoms. The molecule has 0 aliphatic heterocycles. The smallest absolute Gasteiger partial charge is 0.212 e. The lowest BCUT2D eigenvalue weighted by atomic mass is 10.1. The van der Waals surface area contributed by atoms with Crippen LogP contribution in [-0.2, 0) is 6.54 Å². The van der Waals surface area contributed by atoms with E-state index in [1.54, 1.807) is 30.3 Å². The van der Waals surface area contributed by atoms with Gasteiger partial charge in [0, 0.05) is 18.8 Å². The van der Waals surface area contributed by atoms with Gasteiger partial charge in [0.05, 0.1) is 25.0 Å². The number of pyridine rings is 1. The molecule has 0 amide bonds. The zero-order valence-corrected chi connectivity index (χ0v) is 11.9. The number of aryl methyl sites for hydroxylation is 1. The maximum Gasteiger partial charge on any atom is 0.212 e. The van der Waals surface area contributed by atoms with Gasteiger partial charge in [-0.2, -0.15) is 0 Å². The van der Waals surface area contributed by atoms with E-state index in [2.05, 4.69) is 15.3 Å². The molecule has 0 saturated heterocycles. The molecule has 0 fully saturated rings. The van der Waals surface area contributed by atoms with Gasteiger partial charge in [-0.05, 0) is 12.5 Å². The Morgan fingerprint density at radius 3 is 2.58 bits per heavy atom. The van der Waals surface area contributed by atoms with E-state index in [0.29, 0.717) is 5.88 Å². The summed E-state index contributed by atoms with van der Waals surface area (Å²) in [5.74, 6) is 0.572. The molecule has 0 radical (unpaired) electrons. The molecule has 0 saturated carbocycles. The molecule has 1 atom stereocenters. The van der Waals surface area contributed by atoms with Crippen LogP contribution in [-0.4, -0.2) is 27.1 Å². The van der Waals surface area contributed by atoms with Crippen LogP contribution in [0.3, 0.4) is 0 Å². The van der Waals surface area contributed by atoms with Gasteiger partial charge >= 0.3 is 0 Å². The lowest BCUT2D eigenvalue weighted by molar-refractivity contribution is 0.397. The second-order valence-corrected chi connectivity index (χ2v) is 3.59. The van der Waals surface area contributed by atoms with Crippen LogP contribution in [0, 0.1) is 0 Å². The summed E-state index contributed by atoms with van der Waals surface area (Å²) in [5.41, 5.74) is 7.93. The number of rotatable bonds is 4. The Hall–Kier alpha value is -1.95. The molecule has 2 heterocycles. The fraction of sp³-hybridized carbons (Fsp3) is 0.462. The lowest BCUT2D eigenvalue weighted by Gasteiger charge is -2.12. The third-order valence-corrected chi connectivity index (χ3v) is 2.59. The van der Waals surface area contributed by atoms with Crippen molar-refractivity contribution in [3.63, 3.8) is 0 Å². The normalized spacial score (nSPS) is 11.4. The van der Waals surface area contributed by atoms with E-state index in [9.17, 15) is 0 Å². The number of methoxy groups -OCH3 is 1. The molecule has 6 heteroatoms. The molecular formula is C13H21N5O. The molecule has 0 aliphatic carbocycles. The largest absolute Gasteiger partial charge is 0.481 e. The number of hydrogen-bond acceptors (Lipinski definition) is 5. The Bertz CT molecular complexity index is 480. The maximum absolute atomic E-state index is 6.15. The Kier molecular flexibility index (Phi) is 5.95. The van der Waals surface area contributed by atoms with Crippen molar-refractivity contribution in [3.8, 4) is 5.88 Å². The lowest BCUT2D eigenvalue weighted by Crippen LogP contribution is -2.17. The van der Waals surface area contributed by atoms with Gasteiger partial charge in [0.1, 0.15) is 0 Å². The van der Waals surface area contributed by atoms with E-state index in [1.165, 1.54) is 0 Å². The molecule has 2 aromatic heterocycles. The average Bonchev–Trinajstić information content (AvgIpc) is 2.97. The highest BCUT2D eigenvalue weighted by Gasteiger charge is 2.14. The van der Waals surface area contributed by atoms with E-state index in [4.69, 9.17) is 10.5 Å². The van der Waals surface area contributed by atoms with Crippen molar-refractivity contribution in [2.45, 2.75) is 33.4 Å². The molecule has 0 aromatic carbocycles. The van der Waals surface area contributed by atoms with Crippen molar-refractivity contribution in [2.75, 3.05) is 7.11 Å². The van der Waals surface area contributed by atoms with Gasteiger partial charge in [0.25, 0.3) is 0 Å². The van der Waals surface area contributed by atoms with E-state index in [1.807, 2.05) is 26.8 Å². The third kappa shape index (κ3) is 3.51. The minimum atomic E-state index is -0.275. The number of ether oxygens (including phenoxy) is 1. The zero-order valence-electron chi connectivity index (χ0n) is 11.9. The van der Waals surface area contributed by atoms with Crippen LogP contribution < -0.4 is 10.5 Å². The van der Waals surface area contributed by atoms with Gasteiger partial charge in [-0.1, -0.05) is 25.1 Å². The van der Waals surface area contributed by atoms with E-state index < -0.39 is 0 Å². The summed E-state index contributed by atoms with van der Waals surface area (Å²) in [6.45, 7) is 6.74. The SMILES string of the molecule is CC.CCn1nncc1C(N)c1ccc(OC)nc1. The second-order valence-electron chi connectivity index (χ2n) is 3.59. The quantitative estimate of drug-likeness (QED) is 0.909. The van der Waals surface area contributed by atoms with Crippen LogP contribution in [0.1, 0.15) is 38.1 Å². The first-order valence-electron chi connectivity index (χ1n) is 6.40. The Morgan fingerprint density at radius 1 is 1.32 bits per heavy atom. The Labute approximate surface area is 113 Å². The molecule has 2 rings (SSSR count). The molecule has 0 aliphatic rings. The van der Waals surface area contributed by atoms with Crippen LogP contribution in [0.4, 0.5) is 0 Å². The monoisotopic (exact) mass is 263 g/mol. The Balaban J connectivity index is 0.000000861. The molecule has 104 valence electrons. The van der Waals surface area contributed by atoms with Crippen molar-refractivity contribution in [3.05, 3.63) is 35.8 Å². The first-order chi connectivity index (χ1) is 9.26. The highest BCUT2D eigenvalue weighted by molar-refractivity contribution is 5.26. The molecule has 6 nitrogen and oxygen atoms in total. The average molecular weight is 263 g/mol. The predicted molar refractivity (Wildman–Crippen MR) is 73.9 cm³/mol. The maximum atomic E-state index is 6.15. The molecule has 2 aromatic rings. The first-order valence-corrected chi connectivity index (χ1v) is 6.40. The zero-order chi connectivity index (χ0) is 14.3. The summed E-state index contributed by atoms with van der Waals surface area (Å²) in [4.78, 5) is 4.13. The summed E-state index contributed by atoms with van der Waals surface area (Å²) in [5, 5.41) is 7.82. The number of nitrogens with two attached hydrogens (primary N) is 1. The summed E-state index contributed by atoms with van der Waals surface area (Å²) < 4.78 is 6.78. The van der Waals surface area contributed by atoms with Crippen molar-refractivity contribution in [2.24, 2.45) is 5.73 Å². The molecule has 19 heavy (non-hydrogen) atoms. The fourth-order valence-corrected chi connectivity index (χ4v) is 1.62. The minimum absolute atomic E-state index is 0.275. The second kappa shape index (κ2) is 7.48. The minimum Gasteiger partial charge on any atom is -0.481 e. The van der Waals surface area contributed by atoms with Crippen molar-refractivity contribution in [1.82, 2.24) is 20.0 Å². The van der Waals surface area contributed by atoms with Crippen LogP contribution in [0.25, 0.3) is 0 Å². The summed E-state index contributed by atoms with van der Waals surface area (Å²) in [6, 6.07) is 3.40. The van der Waals surface area contributed by atoms with Crippen LogP contribution in [0.5, 0.6) is 5.88 Å². The molecule has 2 N–H and O–H groups in total. The van der Waals surface area contributed by atoms with Gasteiger partial charge in [0.15, 0.2) is 0 Å². The van der Waals surface area contributed by atoms with Crippen LogP contribution in [0.15, 0.2) is 24.5 Å². The van der Waals surface area contributed by atoms with Gasteiger partial charge in [-0.25, -0.2) is 9.67 Å². The number of aromatic nitrogens is 4. The molecule has 1 unspecified atom stereocenters. The predicted octanol–water partition coefficient (Wildman–Crippen LogP) is 1.78. The number of nitrogens with zero attached hydrogens (tertiary/aromatic N) is 4. The molecular weight excluding hydrogens is 242 g/mol. The standard InChI is InChI=1S/C11H15N5O.C2H6/c1-3-16-9(7-14-15-16)11(12)8-4-5-10(17-2)13-6-8;1-2/h4-7,11H,3,12H2,1-2H3;1-2H3. The van der Waals surface area contributed by atoms with Gasteiger partial charge in [0.2, 0.25) is 5.88 Å². The molecule has 0 spiro atoms. The highest BCUT2D eigenvalue weighted by atomic mass is 16.5. The van der Waals surface area contributed by atoms with E-state index >= 15 is 0 Å². The summed E-state index contributed by atoms with van der Waals surface area (Å²) in [7, 11) is 1.58. The van der Waals surface area contributed by atoms with Crippen molar-refractivity contribution in [1.29, 1.82) is 0 Å². The van der Waals surface area contributed by atoms with Crippen molar-refractivity contribution < 1.29 is 4.74 Å². The summed E-state index contributed by atoms with van der Waals surface area (Å²) >= 11 is 0. The topological polar surface area (TPSA) is 78.9 Å². The first kappa shape index (κ1) is 15.1. The highest BCUT2D eigenvalue weighted by Crippen LogP contribution is 2.19. The van der Waals surface area contributed by atoms with Gasteiger partial charge in [-0.3, -0.25) is 0 Å². The van der Waals surface area contributed by atoms with E-state index in [-0.39, 0.29) is 6.04 Å². The van der Waals surface area contributed by atoms with E-state index in [0.717, 1.165) is 17.8 Å². The van der Waals surface area contributed by atoms with Crippen LogP contribution in [0.2, 0.25) is 0 Å². The van der Waals surface area contributed by atoms with Gasteiger partial charge in [-0.15, -0.1) is 5.10 Å². The number of hydrogen-bond donors (Lipinski definition) is 1. The van der Waals surface area contributed by atoms with Crippen LogP contribution >= 0.6 is 0 Å². The fourth-order valence-electron chi connectivity index (χ4n) is 1.62. The summed E-state index contributed by atoms with van der Waals surface area (Å²) in [6.07, 6.45) is 3.38. The third-order valence-electron chi connectivity index (χ3n) is 2.59. The van der Waals surface area contributed by atoms with Gasteiger partial charge < -0.3 is 10.5 Å². The van der Waals surface area contributed by atoms with Crippen molar-refractivity contribution >= 4 is 0 Å². The Morgan fingerprint density at radius 2 is 2.05 bits per heavy atom.